The maximum atomic E-state index is 5.59. The van der Waals surface area contributed by atoms with E-state index in [1.54, 1.807) is 0 Å². The van der Waals surface area contributed by atoms with Crippen LogP contribution in [0.3, 0.4) is 0 Å². The second-order valence-electron chi connectivity index (χ2n) is 3.73. The fourth-order valence-electron chi connectivity index (χ4n) is 1.42. The molecule has 84 valence electrons. The summed E-state index contributed by atoms with van der Waals surface area (Å²) >= 11 is 0. The van der Waals surface area contributed by atoms with Crippen LogP contribution in [0.4, 0.5) is 5.82 Å². The average molecular weight is 217 g/mol. The molecule has 3 N–H and O–H groups in total. The molecule has 2 rings (SSSR count). The number of rotatable bonds is 4. The molecule has 0 unspecified atom stereocenters. The number of ether oxygens (including phenoxy) is 1. The van der Waals surface area contributed by atoms with E-state index in [0.717, 1.165) is 17.9 Å². The van der Waals surface area contributed by atoms with Crippen LogP contribution < -0.4 is 10.5 Å². The first-order valence-corrected chi connectivity index (χ1v) is 5.23. The first-order valence-electron chi connectivity index (χ1n) is 5.23. The Labute approximate surface area is 94.4 Å². The number of benzene rings is 1. The lowest BCUT2D eigenvalue weighted by molar-refractivity contribution is 0.320. The highest BCUT2D eigenvalue weighted by molar-refractivity contribution is 5.29. The zero-order valence-electron chi connectivity index (χ0n) is 9.23. The van der Waals surface area contributed by atoms with Crippen LogP contribution >= 0.6 is 0 Å². The zero-order valence-corrected chi connectivity index (χ0v) is 9.23. The van der Waals surface area contributed by atoms with Gasteiger partial charge in [0.1, 0.15) is 11.6 Å². The quantitative estimate of drug-likeness (QED) is 0.822. The third kappa shape index (κ3) is 2.76. The third-order valence-corrected chi connectivity index (χ3v) is 2.31. The molecule has 0 saturated heterocycles. The van der Waals surface area contributed by atoms with E-state index in [1.165, 1.54) is 5.56 Å². The summed E-state index contributed by atoms with van der Waals surface area (Å²) in [6.07, 6.45) is 0.776. The maximum absolute atomic E-state index is 5.59. The summed E-state index contributed by atoms with van der Waals surface area (Å²) in [7, 11) is 0. The van der Waals surface area contributed by atoms with Gasteiger partial charge in [-0.1, -0.05) is 17.7 Å². The van der Waals surface area contributed by atoms with Crippen LogP contribution in [0.15, 0.2) is 30.3 Å². The zero-order chi connectivity index (χ0) is 11.4. The summed E-state index contributed by atoms with van der Waals surface area (Å²) in [5, 5.41) is 6.70. The first kappa shape index (κ1) is 10.5. The average Bonchev–Trinajstić information content (AvgIpc) is 2.67. The van der Waals surface area contributed by atoms with Crippen molar-refractivity contribution in [2.45, 2.75) is 13.3 Å². The molecule has 0 fully saturated rings. The summed E-state index contributed by atoms with van der Waals surface area (Å²) in [6.45, 7) is 2.67. The molecule has 16 heavy (non-hydrogen) atoms. The first-order chi connectivity index (χ1) is 7.74. The van der Waals surface area contributed by atoms with Crippen molar-refractivity contribution in [3.63, 3.8) is 0 Å². The predicted octanol–water partition coefficient (Wildman–Crippen LogP) is 1.92. The molecule has 0 amide bonds. The molecular formula is C12H15N3O. The molecule has 1 heterocycles. The number of hydrogen-bond donors (Lipinski definition) is 2. The molecule has 0 aliphatic rings. The Kier molecular flexibility index (Phi) is 3.10. The Morgan fingerprint density at radius 2 is 2.06 bits per heavy atom. The Hall–Kier alpha value is -1.97. The number of aromatic amines is 1. The van der Waals surface area contributed by atoms with Gasteiger partial charge >= 0.3 is 0 Å². The monoisotopic (exact) mass is 217 g/mol. The van der Waals surface area contributed by atoms with Gasteiger partial charge in [0, 0.05) is 18.2 Å². The van der Waals surface area contributed by atoms with Gasteiger partial charge in [-0.3, -0.25) is 5.10 Å². The van der Waals surface area contributed by atoms with Crippen LogP contribution in [0.1, 0.15) is 11.3 Å². The lowest BCUT2D eigenvalue weighted by Crippen LogP contribution is -2.01. The third-order valence-electron chi connectivity index (χ3n) is 2.31. The van der Waals surface area contributed by atoms with Gasteiger partial charge in [-0.2, -0.15) is 5.10 Å². The normalized spacial score (nSPS) is 10.3. The van der Waals surface area contributed by atoms with Crippen LogP contribution in [0.2, 0.25) is 0 Å². The van der Waals surface area contributed by atoms with Crippen LogP contribution in [-0.2, 0) is 6.42 Å². The summed E-state index contributed by atoms with van der Waals surface area (Å²) in [5.41, 5.74) is 7.72. The highest BCUT2D eigenvalue weighted by atomic mass is 16.5. The molecule has 0 aliphatic carbocycles. The SMILES string of the molecule is Cc1ccc(OCCc2cc(N)n[nH]2)cc1. The van der Waals surface area contributed by atoms with Gasteiger partial charge in [-0.05, 0) is 19.1 Å². The van der Waals surface area contributed by atoms with E-state index in [-0.39, 0.29) is 0 Å². The number of anilines is 1. The van der Waals surface area contributed by atoms with E-state index < -0.39 is 0 Å². The van der Waals surface area contributed by atoms with Gasteiger partial charge in [0.2, 0.25) is 0 Å². The summed E-state index contributed by atoms with van der Waals surface area (Å²) in [4.78, 5) is 0. The Morgan fingerprint density at radius 3 is 2.69 bits per heavy atom. The predicted molar refractivity (Wildman–Crippen MR) is 63.4 cm³/mol. The fourth-order valence-corrected chi connectivity index (χ4v) is 1.42. The van der Waals surface area contributed by atoms with Crippen molar-refractivity contribution in [3.05, 3.63) is 41.6 Å². The van der Waals surface area contributed by atoms with E-state index in [2.05, 4.69) is 17.1 Å². The second kappa shape index (κ2) is 4.70. The summed E-state index contributed by atoms with van der Waals surface area (Å²) < 4.78 is 5.59. The van der Waals surface area contributed by atoms with Gasteiger partial charge in [-0.15, -0.1) is 0 Å². The number of nitrogen functional groups attached to an aromatic ring is 1. The molecule has 4 nitrogen and oxygen atoms in total. The molecule has 0 bridgehead atoms. The van der Waals surface area contributed by atoms with E-state index in [0.29, 0.717) is 12.4 Å². The van der Waals surface area contributed by atoms with Crippen molar-refractivity contribution < 1.29 is 4.74 Å². The number of hydrogen-bond acceptors (Lipinski definition) is 3. The van der Waals surface area contributed by atoms with Gasteiger partial charge in [0.15, 0.2) is 0 Å². The molecule has 1 aromatic heterocycles. The summed E-state index contributed by atoms with van der Waals surface area (Å²) in [5.74, 6) is 1.41. The van der Waals surface area contributed by atoms with Gasteiger partial charge in [-0.25, -0.2) is 0 Å². The van der Waals surface area contributed by atoms with Crippen LogP contribution in [0.5, 0.6) is 5.75 Å². The molecular weight excluding hydrogens is 202 g/mol. The van der Waals surface area contributed by atoms with E-state index >= 15 is 0 Å². The topological polar surface area (TPSA) is 63.9 Å². The maximum Gasteiger partial charge on any atom is 0.145 e. The van der Waals surface area contributed by atoms with Crippen molar-refractivity contribution >= 4 is 5.82 Å². The van der Waals surface area contributed by atoms with Crippen molar-refractivity contribution in [3.8, 4) is 5.75 Å². The standard InChI is InChI=1S/C12H15N3O/c1-9-2-4-11(5-3-9)16-7-6-10-8-12(13)15-14-10/h2-5,8H,6-7H2,1H3,(H3,13,14,15). The van der Waals surface area contributed by atoms with E-state index in [1.807, 2.05) is 30.3 Å². The van der Waals surface area contributed by atoms with Crippen LogP contribution in [0.25, 0.3) is 0 Å². The lowest BCUT2D eigenvalue weighted by atomic mass is 10.2. The minimum atomic E-state index is 0.519. The number of nitrogens with one attached hydrogen (secondary N) is 1. The van der Waals surface area contributed by atoms with Crippen molar-refractivity contribution in [2.24, 2.45) is 0 Å². The molecule has 0 saturated carbocycles. The minimum absolute atomic E-state index is 0.519. The van der Waals surface area contributed by atoms with E-state index in [9.17, 15) is 0 Å². The van der Waals surface area contributed by atoms with Gasteiger partial charge < -0.3 is 10.5 Å². The largest absolute Gasteiger partial charge is 0.493 e. The molecule has 0 spiro atoms. The molecule has 4 heteroatoms. The molecule has 2 aromatic rings. The Balaban J connectivity index is 1.82. The highest BCUT2D eigenvalue weighted by Gasteiger charge is 1.98. The lowest BCUT2D eigenvalue weighted by Gasteiger charge is -2.04. The Bertz CT molecular complexity index is 448. The van der Waals surface area contributed by atoms with E-state index in [4.69, 9.17) is 10.5 Å². The number of aryl methyl sites for hydroxylation is 1. The number of nitrogens with zero attached hydrogens (tertiary/aromatic N) is 1. The fraction of sp³-hybridized carbons (Fsp3) is 0.250. The van der Waals surface area contributed by atoms with Gasteiger partial charge in [0.25, 0.3) is 0 Å². The van der Waals surface area contributed by atoms with Crippen molar-refractivity contribution in [1.29, 1.82) is 0 Å². The van der Waals surface area contributed by atoms with Crippen LogP contribution in [-0.4, -0.2) is 16.8 Å². The molecule has 0 aliphatic heterocycles. The Morgan fingerprint density at radius 1 is 1.31 bits per heavy atom. The van der Waals surface area contributed by atoms with Crippen molar-refractivity contribution in [2.75, 3.05) is 12.3 Å². The molecule has 0 radical (unpaired) electrons. The molecule has 1 aromatic carbocycles. The number of nitrogens with two attached hydrogens (primary N) is 1. The van der Waals surface area contributed by atoms with Crippen LogP contribution in [0, 0.1) is 6.92 Å². The number of aromatic nitrogens is 2. The highest BCUT2D eigenvalue weighted by Crippen LogP contribution is 2.11. The van der Waals surface area contributed by atoms with Crippen molar-refractivity contribution in [1.82, 2.24) is 10.2 Å². The smallest absolute Gasteiger partial charge is 0.145 e. The minimum Gasteiger partial charge on any atom is -0.493 e. The number of H-pyrrole nitrogens is 1. The van der Waals surface area contributed by atoms with Gasteiger partial charge in [0.05, 0.1) is 6.61 Å². The molecule has 0 atom stereocenters. The summed E-state index contributed by atoms with van der Waals surface area (Å²) in [6, 6.07) is 9.82. The second-order valence-corrected chi connectivity index (χ2v) is 3.73.